The van der Waals surface area contributed by atoms with Crippen molar-refractivity contribution in [2.45, 2.75) is 12.5 Å². The Kier molecular flexibility index (Phi) is 2.27. The fourth-order valence-electron chi connectivity index (χ4n) is 1.06. The molecular weight excluding hydrogens is 128 g/mol. The SMILES string of the molecule is CN(C)C(=O)C1C[CH]CN1. The molecule has 10 heavy (non-hydrogen) atoms. The van der Waals surface area contributed by atoms with Crippen molar-refractivity contribution in [2.75, 3.05) is 20.6 Å². The summed E-state index contributed by atoms with van der Waals surface area (Å²) in [5.74, 6) is 0.175. The fourth-order valence-corrected chi connectivity index (χ4v) is 1.06. The summed E-state index contributed by atoms with van der Waals surface area (Å²) in [5.41, 5.74) is 0. The normalized spacial score (nSPS) is 24.8. The standard InChI is InChI=1S/C7H13N2O/c1-9(2)7(10)6-4-3-5-8-6/h3,6,8H,4-5H2,1-2H3. The monoisotopic (exact) mass is 141 g/mol. The molecule has 57 valence electrons. The average Bonchev–Trinajstić information content (AvgIpc) is 2.36. The Morgan fingerprint density at radius 1 is 1.70 bits per heavy atom. The zero-order chi connectivity index (χ0) is 7.56. The molecule has 3 heteroatoms. The molecule has 3 nitrogen and oxygen atoms in total. The number of likely N-dealkylation sites (N-methyl/N-ethyl adjacent to an activating group) is 1. The second-order valence-electron chi connectivity index (χ2n) is 2.72. The van der Waals surface area contributed by atoms with Crippen molar-refractivity contribution in [3.63, 3.8) is 0 Å². The van der Waals surface area contributed by atoms with Gasteiger partial charge in [0.2, 0.25) is 5.91 Å². The summed E-state index contributed by atoms with van der Waals surface area (Å²) in [6.07, 6.45) is 2.96. The lowest BCUT2D eigenvalue weighted by Gasteiger charge is -2.15. The Labute approximate surface area is 61.4 Å². The molecule has 1 amide bonds. The van der Waals surface area contributed by atoms with Gasteiger partial charge in [0.25, 0.3) is 0 Å². The lowest BCUT2D eigenvalue weighted by Crippen LogP contribution is -2.39. The summed E-state index contributed by atoms with van der Waals surface area (Å²) in [4.78, 5) is 12.8. The maximum Gasteiger partial charge on any atom is 0.239 e. The van der Waals surface area contributed by atoms with E-state index in [0.29, 0.717) is 0 Å². The van der Waals surface area contributed by atoms with Crippen molar-refractivity contribution < 1.29 is 4.79 Å². The second-order valence-corrected chi connectivity index (χ2v) is 2.72. The Balaban J connectivity index is 2.40. The number of carbonyl (C=O) groups is 1. The van der Waals surface area contributed by atoms with Crippen LogP contribution in [0.5, 0.6) is 0 Å². The van der Waals surface area contributed by atoms with Gasteiger partial charge in [0.05, 0.1) is 6.04 Å². The first-order chi connectivity index (χ1) is 4.72. The first kappa shape index (κ1) is 7.54. The minimum absolute atomic E-state index is 0.0370. The highest BCUT2D eigenvalue weighted by Crippen LogP contribution is 2.05. The Bertz CT molecular complexity index is 128. The van der Waals surface area contributed by atoms with Crippen LogP contribution >= 0.6 is 0 Å². The molecule has 0 spiro atoms. The number of hydrogen-bond acceptors (Lipinski definition) is 2. The lowest BCUT2D eigenvalue weighted by molar-refractivity contribution is -0.130. The van der Waals surface area contributed by atoms with E-state index in [1.165, 1.54) is 0 Å². The van der Waals surface area contributed by atoms with Crippen LogP contribution in [0.25, 0.3) is 0 Å². The van der Waals surface area contributed by atoms with Crippen molar-refractivity contribution in [3.05, 3.63) is 6.42 Å². The van der Waals surface area contributed by atoms with Crippen LogP contribution in [0.1, 0.15) is 6.42 Å². The van der Waals surface area contributed by atoms with Crippen LogP contribution in [-0.2, 0) is 4.79 Å². The van der Waals surface area contributed by atoms with E-state index in [-0.39, 0.29) is 11.9 Å². The van der Waals surface area contributed by atoms with E-state index >= 15 is 0 Å². The molecule has 1 heterocycles. The molecule has 1 atom stereocenters. The van der Waals surface area contributed by atoms with Gasteiger partial charge in [-0.25, -0.2) is 0 Å². The molecule has 1 rings (SSSR count). The molecule has 1 saturated heterocycles. The molecule has 1 unspecified atom stereocenters. The number of carbonyl (C=O) groups excluding carboxylic acids is 1. The summed E-state index contributed by atoms with van der Waals surface area (Å²) in [5, 5.41) is 3.09. The summed E-state index contributed by atoms with van der Waals surface area (Å²) in [6.45, 7) is 0.865. The van der Waals surface area contributed by atoms with Gasteiger partial charge in [0, 0.05) is 14.1 Å². The van der Waals surface area contributed by atoms with Crippen molar-refractivity contribution in [3.8, 4) is 0 Å². The van der Waals surface area contributed by atoms with Crippen molar-refractivity contribution >= 4 is 5.91 Å². The number of hydrogen-bond donors (Lipinski definition) is 1. The van der Waals surface area contributed by atoms with Gasteiger partial charge in [-0.05, 0) is 19.4 Å². The third kappa shape index (κ3) is 1.48. The summed E-state index contributed by atoms with van der Waals surface area (Å²) >= 11 is 0. The first-order valence-electron chi connectivity index (χ1n) is 3.48. The fraction of sp³-hybridized carbons (Fsp3) is 0.714. The molecule has 1 fully saturated rings. The van der Waals surface area contributed by atoms with Crippen molar-refractivity contribution in [1.82, 2.24) is 10.2 Å². The molecule has 0 bridgehead atoms. The molecule has 0 aliphatic carbocycles. The van der Waals surface area contributed by atoms with Gasteiger partial charge in [-0.1, -0.05) is 0 Å². The predicted molar refractivity (Wildman–Crippen MR) is 39.4 cm³/mol. The molecule has 1 radical (unpaired) electrons. The van der Waals surface area contributed by atoms with Crippen LogP contribution in [0.2, 0.25) is 0 Å². The van der Waals surface area contributed by atoms with Crippen LogP contribution in [0, 0.1) is 6.42 Å². The second kappa shape index (κ2) is 3.01. The highest BCUT2D eigenvalue weighted by Gasteiger charge is 2.22. The largest absolute Gasteiger partial charge is 0.347 e. The minimum Gasteiger partial charge on any atom is -0.347 e. The Morgan fingerprint density at radius 3 is 2.80 bits per heavy atom. The zero-order valence-electron chi connectivity index (χ0n) is 6.42. The quantitative estimate of drug-likeness (QED) is 0.541. The number of nitrogens with zero attached hydrogens (tertiary/aromatic N) is 1. The van der Waals surface area contributed by atoms with Gasteiger partial charge in [0.15, 0.2) is 0 Å². The smallest absolute Gasteiger partial charge is 0.239 e. The predicted octanol–water partition coefficient (Wildman–Crippen LogP) is -0.359. The molecule has 0 aromatic heterocycles. The highest BCUT2D eigenvalue weighted by molar-refractivity contribution is 5.81. The summed E-state index contributed by atoms with van der Waals surface area (Å²) in [6, 6.07) is 0.0370. The Hall–Kier alpha value is -0.570. The van der Waals surface area contributed by atoms with E-state index in [4.69, 9.17) is 0 Å². The summed E-state index contributed by atoms with van der Waals surface area (Å²) in [7, 11) is 3.56. The number of amides is 1. The summed E-state index contributed by atoms with van der Waals surface area (Å²) < 4.78 is 0. The Morgan fingerprint density at radius 2 is 2.40 bits per heavy atom. The molecule has 0 saturated carbocycles. The van der Waals surface area contributed by atoms with Crippen LogP contribution in [-0.4, -0.2) is 37.5 Å². The van der Waals surface area contributed by atoms with E-state index in [1.807, 2.05) is 0 Å². The van der Waals surface area contributed by atoms with E-state index in [9.17, 15) is 4.79 Å². The molecule has 1 N–H and O–H groups in total. The molecular formula is C7H13N2O. The van der Waals surface area contributed by atoms with E-state index in [2.05, 4.69) is 11.7 Å². The van der Waals surface area contributed by atoms with Gasteiger partial charge >= 0.3 is 0 Å². The van der Waals surface area contributed by atoms with Gasteiger partial charge < -0.3 is 10.2 Å². The third-order valence-electron chi connectivity index (χ3n) is 1.65. The van der Waals surface area contributed by atoms with Crippen LogP contribution in [0.4, 0.5) is 0 Å². The number of nitrogens with one attached hydrogen (secondary N) is 1. The first-order valence-corrected chi connectivity index (χ1v) is 3.48. The maximum absolute atomic E-state index is 11.2. The van der Waals surface area contributed by atoms with Crippen LogP contribution in [0.15, 0.2) is 0 Å². The van der Waals surface area contributed by atoms with Gasteiger partial charge in [-0.15, -0.1) is 0 Å². The average molecular weight is 141 g/mol. The molecule has 1 aliphatic heterocycles. The van der Waals surface area contributed by atoms with E-state index in [0.717, 1.165) is 13.0 Å². The van der Waals surface area contributed by atoms with Gasteiger partial charge in [-0.2, -0.15) is 0 Å². The minimum atomic E-state index is 0.0370. The van der Waals surface area contributed by atoms with Crippen LogP contribution < -0.4 is 5.32 Å². The highest BCUT2D eigenvalue weighted by atomic mass is 16.2. The molecule has 0 aromatic rings. The van der Waals surface area contributed by atoms with Crippen molar-refractivity contribution in [2.24, 2.45) is 0 Å². The number of rotatable bonds is 1. The van der Waals surface area contributed by atoms with Gasteiger partial charge in [0.1, 0.15) is 0 Å². The van der Waals surface area contributed by atoms with E-state index < -0.39 is 0 Å². The molecule has 0 aromatic carbocycles. The maximum atomic E-state index is 11.2. The topological polar surface area (TPSA) is 32.3 Å². The van der Waals surface area contributed by atoms with Gasteiger partial charge in [-0.3, -0.25) is 4.79 Å². The van der Waals surface area contributed by atoms with Crippen LogP contribution in [0.3, 0.4) is 0 Å². The van der Waals surface area contributed by atoms with E-state index in [1.54, 1.807) is 19.0 Å². The zero-order valence-corrected chi connectivity index (χ0v) is 6.42. The third-order valence-corrected chi connectivity index (χ3v) is 1.65. The molecule has 1 aliphatic rings. The van der Waals surface area contributed by atoms with Crippen molar-refractivity contribution in [1.29, 1.82) is 0 Å². The lowest BCUT2D eigenvalue weighted by atomic mass is 10.2.